The van der Waals surface area contributed by atoms with E-state index in [9.17, 15) is 13.2 Å². The van der Waals surface area contributed by atoms with E-state index in [1.54, 1.807) is 0 Å². The van der Waals surface area contributed by atoms with Crippen LogP contribution in [0.3, 0.4) is 0 Å². The van der Waals surface area contributed by atoms with E-state index in [1.165, 1.54) is 18.5 Å². The van der Waals surface area contributed by atoms with E-state index in [0.29, 0.717) is 11.3 Å². The summed E-state index contributed by atoms with van der Waals surface area (Å²) in [6, 6.07) is 3.70. The predicted octanol–water partition coefficient (Wildman–Crippen LogP) is 2.36. The Labute approximate surface area is 89.0 Å². The van der Waals surface area contributed by atoms with Crippen molar-refractivity contribution in [1.29, 1.82) is 0 Å². The second kappa shape index (κ2) is 3.88. The van der Waals surface area contributed by atoms with Crippen LogP contribution in [0.1, 0.15) is 5.69 Å². The van der Waals surface area contributed by atoms with E-state index in [0.717, 1.165) is 12.3 Å². The average molecular weight is 224 g/mol. The molecule has 0 spiro atoms. The normalized spacial score (nSPS) is 11.4. The molecule has 1 radical (unpaired) electrons. The molecule has 16 heavy (non-hydrogen) atoms. The minimum atomic E-state index is -4.42. The van der Waals surface area contributed by atoms with Gasteiger partial charge >= 0.3 is 6.18 Å². The monoisotopic (exact) mass is 224 g/mol. The lowest BCUT2D eigenvalue weighted by Gasteiger charge is -2.05. The molecule has 2 heterocycles. The summed E-state index contributed by atoms with van der Waals surface area (Å²) >= 11 is 0. The predicted molar refractivity (Wildman–Crippen MR) is 49.1 cm³/mol. The third kappa shape index (κ3) is 2.16. The number of hydrogen-bond acceptors (Lipinski definition) is 3. The molecule has 0 fully saturated rings. The zero-order valence-electron chi connectivity index (χ0n) is 7.86. The van der Waals surface area contributed by atoms with Gasteiger partial charge in [0.2, 0.25) is 0 Å². The molecule has 81 valence electrons. The number of nitrogens with zero attached hydrogens (tertiary/aromatic N) is 3. The Bertz CT molecular complexity index is 465. The molecule has 2 rings (SSSR count). The van der Waals surface area contributed by atoms with E-state index in [1.807, 2.05) is 0 Å². The van der Waals surface area contributed by atoms with Crippen LogP contribution in [0.2, 0.25) is 0 Å². The number of rotatable bonds is 1. The molecule has 0 amide bonds. The summed E-state index contributed by atoms with van der Waals surface area (Å²) in [5, 5.41) is 0. The lowest BCUT2D eigenvalue weighted by Crippen LogP contribution is -2.07. The molecule has 3 nitrogen and oxygen atoms in total. The highest BCUT2D eigenvalue weighted by Gasteiger charge is 2.32. The van der Waals surface area contributed by atoms with Crippen molar-refractivity contribution in [3.63, 3.8) is 0 Å². The van der Waals surface area contributed by atoms with Gasteiger partial charge in [0.15, 0.2) is 0 Å². The van der Waals surface area contributed by atoms with E-state index >= 15 is 0 Å². The second-order valence-corrected chi connectivity index (χ2v) is 2.96. The molecule has 0 atom stereocenters. The van der Waals surface area contributed by atoms with Crippen LogP contribution in [-0.2, 0) is 6.18 Å². The lowest BCUT2D eigenvalue weighted by molar-refractivity contribution is -0.141. The maximum atomic E-state index is 12.2. The van der Waals surface area contributed by atoms with Gasteiger partial charge < -0.3 is 0 Å². The van der Waals surface area contributed by atoms with Gasteiger partial charge in [-0.1, -0.05) is 0 Å². The van der Waals surface area contributed by atoms with E-state index in [-0.39, 0.29) is 0 Å². The van der Waals surface area contributed by atoms with Crippen molar-refractivity contribution >= 4 is 0 Å². The van der Waals surface area contributed by atoms with Crippen molar-refractivity contribution in [2.75, 3.05) is 0 Å². The molecule has 0 aliphatic carbocycles. The summed E-state index contributed by atoms with van der Waals surface area (Å²) < 4.78 is 36.7. The lowest BCUT2D eigenvalue weighted by atomic mass is 10.2. The minimum absolute atomic E-state index is 0.483. The molecule has 2 aromatic rings. The maximum absolute atomic E-state index is 12.2. The highest BCUT2D eigenvalue weighted by molar-refractivity contribution is 5.56. The molecule has 0 saturated carbocycles. The Hall–Kier alpha value is -1.98. The first-order chi connectivity index (χ1) is 7.57. The topological polar surface area (TPSA) is 38.7 Å². The van der Waals surface area contributed by atoms with Crippen molar-refractivity contribution in [2.24, 2.45) is 0 Å². The number of aromatic nitrogens is 3. The first-order valence-electron chi connectivity index (χ1n) is 4.29. The number of halogens is 3. The van der Waals surface area contributed by atoms with Gasteiger partial charge in [0.1, 0.15) is 12.0 Å². The minimum Gasteiger partial charge on any atom is -0.251 e. The van der Waals surface area contributed by atoms with Crippen LogP contribution in [-0.4, -0.2) is 15.0 Å². The van der Waals surface area contributed by atoms with Crippen LogP contribution >= 0.6 is 0 Å². The smallest absolute Gasteiger partial charge is 0.251 e. The Morgan fingerprint density at radius 3 is 2.44 bits per heavy atom. The quantitative estimate of drug-likeness (QED) is 0.746. The van der Waals surface area contributed by atoms with Crippen molar-refractivity contribution in [1.82, 2.24) is 15.0 Å². The molecule has 0 aliphatic rings. The Balaban J connectivity index is 2.34. The Morgan fingerprint density at radius 1 is 1.12 bits per heavy atom. The van der Waals surface area contributed by atoms with E-state index in [2.05, 4.69) is 21.1 Å². The first kappa shape index (κ1) is 10.5. The van der Waals surface area contributed by atoms with Crippen LogP contribution < -0.4 is 0 Å². The van der Waals surface area contributed by atoms with Crippen LogP contribution in [0.4, 0.5) is 13.2 Å². The third-order valence-corrected chi connectivity index (χ3v) is 1.88. The van der Waals surface area contributed by atoms with Crippen molar-refractivity contribution in [3.05, 3.63) is 42.6 Å². The molecule has 6 heteroatoms. The molecule has 0 aliphatic heterocycles. The van der Waals surface area contributed by atoms with Gasteiger partial charge in [-0.3, -0.25) is 4.98 Å². The zero-order valence-corrected chi connectivity index (χ0v) is 7.86. The van der Waals surface area contributed by atoms with Gasteiger partial charge in [-0.15, -0.1) is 0 Å². The maximum Gasteiger partial charge on any atom is 0.433 e. The molecular formula is C10H5F3N3. The fourth-order valence-corrected chi connectivity index (χ4v) is 1.13. The molecule has 0 unspecified atom stereocenters. The van der Waals surface area contributed by atoms with Gasteiger partial charge in [0.05, 0.1) is 11.9 Å². The Kier molecular flexibility index (Phi) is 2.55. The number of alkyl halides is 3. The van der Waals surface area contributed by atoms with E-state index < -0.39 is 11.9 Å². The highest BCUT2D eigenvalue weighted by atomic mass is 19.4. The zero-order chi connectivity index (χ0) is 11.6. The molecule has 0 aromatic carbocycles. The largest absolute Gasteiger partial charge is 0.433 e. The van der Waals surface area contributed by atoms with E-state index in [4.69, 9.17) is 0 Å². The third-order valence-electron chi connectivity index (χ3n) is 1.88. The van der Waals surface area contributed by atoms with Crippen LogP contribution in [0, 0.1) is 6.20 Å². The molecule has 2 aromatic heterocycles. The summed E-state index contributed by atoms with van der Waals surface area (Å²) in [7, 11) is 0. The van der Waals surface area contributed by atoms with Gasteiger partial charge in [-0.2, -0.15) is 13.2 Å². The summed E-state index contributed by atoms with van der Waals surface area (Å²) in [4.78, 5) is 10.8. The SMILES string of the molecule is FC(F)(F)c1ccc(-c2c[c]ncn2)cn1. The average Bonchev–Trinajstić information content (AvgIpc) is 2.29. The van der Waals surface area contributed by atoms with Crippen molar-refractivity contribution in [3.8, 4) is 11.3 Å². The fourth-order valence-electron chi connectivity index (χ4n) is 1.13. The van der Waals surface area contributed by atoms with Crippen LogP contribution in [0.5, 0.6) is 0 Å². The second-order valence-electron chi connectivity index (χ2n) is 2.96. The molecular weight excluding hydrogens is 219 g/mol. The summed E-state index contributed by atoms with van der Waals surface area (Å²) in [5.41, 5.74) is 0.0529. The molecule has 0 saturated heterocycles. The first-order valence-corrected chi connectivity index (χ1v) is 4.29. The highest BCUT2D eigenvalue weighted by Crippen LogP contribution is 2.28. The van der Waals surface area contributed by atoms with Gasteiger partial charge in [-0.05, 0) is 18.2 Å². The van der Waals surface area contributed by atoms with Gasteiger partial charge in [0.25, 0.3) is 0 Å². The molecule has 0 bridgehead atoms. The van der Waals surface area contributed by atoms with Crippen LogP contribution in [0.15, 0.2) is 30.7 Å². The molecule has 0 N–H and O–H groups in total. The fraction of sp³-hybridized carbons (Fsp3) is 0.100. The number of hydrogen-bond donors (Lipinski definition) is 0. The summed E-state index contributed by atoms with van der Waals surface area (Å²) in [6.07, 6.45) is 0.516. The van der Waals surface area contributed by atoms with Gasteiger partial charge in [0, 0.05) is 11.8 Å². The van der Waals surface area contributed by atoms with Crippen LogP contribution in [0.25, 0.3) is 11.3 Å². The summed E-state index contributed by atoms with van der Waals surface area (Å²) in [6.45, 7) is 0. The van der Waals surface area contributed by atoms with Crippen molar-refractivity contribution in [2.45, 2.75) is 6.18 Å². The standard InChI is InChI=1S/C10H5F3N3/c11-10(12,13)9-2-1-7(5-15-9)8-3-4-14-6-16-8/h1-3,5-6H. The Morgan fingerprint density at radius 2 is 1.94 bits per heavy atom. The number of pyridine rings is 1. The summed E-state index contributed by atoms with van der Waals surface area (Å²) in [5.74, 6) is 0. The van der Waals surface area contributed by atoms with Gasteiger partial charge in [-0.25, -0.2) is 9.97 Å². The van der Waals surface area contributed by atoms with Crippen molar-refractivity contribution < 1.29 is 13.2 Å².